The van der Waals surface area contributed by atoms with Crippen LogP contribution in [0.3, 0.4) is 0 Å². The van der Waals surface area contributed by atoms with Crippen molar-refractivity contribution in [2.45, 2.75) is 24.8 Å². The largest absolute Gasteiger partial charge is 0.484 e. The Morgan fingerprint density at radius 3 is 2.28 bits per heavy atom. The zero-order valence-corrected chi connectivity index (χ0v) is 9.70. The third-order valence-electron chi connectivity index (χ3n) is 2.62. The molecule has 2 N–H and O–H groups in total. The highest BCUT2D eigenvalue weighted by molar-refractivity contribution is 5.20. The van der Waals surface area contributed by atoms with Crippen molar-refractivity contribution in [1.29, 1.82) is 0 Å². The van der Waals surface area contributed by atoms with Gasteiger partial charge in [-0.1, -0.05) is 30.3 Å². The maximum Gasteiger partial charge on any atom is 0.484 e. The van der Waals surface area contributed by atoms with E-state index in [1.54, 1.807) is 30.3 Å². The van der Waals surface area contributed by atoms with Gasteiger partial charge in [-0.15, -0.1) is 0 Å². The molecular weight excluding hydrogens is 245 g/mol. The van der Waals surface area contributed by atoms with E-state index in [1.165, 1.54) is 0 Å². The van der Waals surface area contributed by atoms with Gasteiger partial charge in [-0.3, -0.25) is 4.85 Å². The number of hydrogen-bond donors (Lipinski definition) is 2. The lowest BCUT2D eigenvalue weighted by Crippen LogP contribution is -2.53. The molecule has 0 unspecified atom stereocenters. The predicted octanol–water partition coefficient (Wildman–Crippen LogP) is 2.51. The summed E-state index contributed by atoms with van der Waals surface area (Å²) in [6.45, 7) is 6.94. The molecule has 0 fully saturated rings. The summed E-state index contributed by atoms with van der Waals surface area (Å²) in [5.74, 6) is 0. The van der Waals surface area contributed by atoms with Crippen LogP contribution in [0.4, 0.5) is 13.2 Å². The van der Waals surface area contributed by atoms with Crippen molar-refractivity contribution in [2.75, 3.05) is 6.61 Å². The molecule has 0 spiro atoms. The summed E-state index contributed by atoms with van der Waals surface area (Å²) >= 11 is 0. The Labute approximate surface area is 103 Å². The maximum atomic E-state index is 12.8. The molecule has 3 nitrogen and oxygen atoms in total. The van der Waals surface area contributed by atoms with E-state index in [0.717, 1.165) is 6.92 Å². The zero-order valence-electron chi connectivity index (χ0n) is 9.70. The van der Waals surface area contributed by atoms with Crippen LogP contribution in [0.15, 0.2) is 30.3 Å². The van der Waals surface area contributed by atoms with E-state index in [2.05, 4.69) is 10.2 Å². The highest BCUT2D eigenvalue weighted by Crippen LogP contribution is 2.33. The standard InChI is InChI=1S/C12H13F3N2O/c1-11(16-2,12(13,14)15)17-10(8-18)9-6-4-3-5-7-9/h3-7,10,17-18H,8H2,1H3/t10-,11+/m0/s1. The first-order valence-electron chi connectivity index (χ1n) is 5.23. The van der Waals surface area contributed by atoms with Gasteiger partial charge < -0.3 is 5.11 Å². The van der Waals surface area contributed by atoms with Gasteiger partial charge in [-0.05, 0) is 5.56 Å². The number of hydrogen-bond acceptors (Lipinski definition) is 2. The fourth-order valence-corrected chi connectivity index (χ4v) is 1.44. The van der Waals surface area contributed by atoms with E-state index in [1.807, 2.05) is 0 Å². The van der Waals surface area contributed by atoms with Crippen LogP contribution >= 0.6 is 0 Å². The molecule has 0 saturated carbocycles. The summed E-state index contributed by atoms with van der Waals surface area (Å²) in [4.78, 5) is 2.61. The van der Waals surface area contributed by atoms with Gasteiger partial charge >= 0.3 is 11.8 Å². The molecule has 0 aliphatic heterocycles. The third kappa shape index (κ3) is 3.00. The second kappa shape index (κ2) is 5.38. The average molecular weight is 258 g/mol. The lowest BCUT2D eigenvalue weighted by atomic mass is 10.0. The molecule has 0 saturated heterocycles. The quantitative estimate of drug-likeness (QED) is 0.814. The summed E-state index contributed by atoms with van der Waals surface area (Å²) in [6.07, 6.45) is -4.71. The molecular formula is C12H13F3N2O. The Hall–Kier alpha value is -1.58. The van der Waals surface area contributed by atoms with Gasteiger partial charge in [-0.25, -0.2) is 11.9 Å². The first-order valence-corrected chi connectivity index (χ1v) is 5.23. The summed E-state index contributed by atoms with van der Waals surface area (Å²) in [6, 6.07) is 7.27. The highest BCUT2D eigenvalue weighted by Gasteiger charge is 2.59. The number of nitrogens with zero attached hydrogens (tertiary/aromatic N) is 1. The van der Waals surface area contributed by atoms with E-state index in [4.69, 9.17) is 6.57 Å². The molecule has 0 radical (unpaired) electrons. The zero-order chi connectivity index (χ0) is 13.8. The second-order valence-electron chi connectivity index (χ2n) is 3.97. The van der Waals surface area contributed by atoms with Crippen molar-refractivity contribution in [2.24, 2.45) is 0 Å². The highest BCUT2D eigenvalue weighted by atomic mass is 19.4. The fraction of sp³-hybridized carbons (Fsp3) is 0.417. The number of alkyl halides is 3. The predicted molar refractivity (Wildman–Crippen MR) is 60.5 cm³/mol. The Kier molecular flexibility index (Phi) is 4.33. The van der Waals surface area contributed by atoms with Crippen molar-refractivity contribution in [3.8, 4) is 0 Å². The topological polar surface area (TPSA) is 36.6 Å². The number of benzene rings is 1. The van der Waals surface area contributed by atoms with Crippen LogP contribution in [0.2, 0.25) is 0 Å². The molecule has 0 bridgehead atoms. The first-order chi connectivity index (χ1) is 8.34. The van der Waals surface area contributed by atoms with Crippen LogP contribution in [-0.4, -0.2) is 23.6 Å². The molecule has 18 heavy (non-hydrogen) atoms. The fourth-order valence-electron chi connectivity index (χ4n) is 1.44. The van der Waals surface area contributed by atoms with E-state index in [-0.39, 0.29) is 0 Å². The van der Waals surface area contributed by atoms with E-state index >= 15 is 0 Å². The van der Waals surface area contributed by atoms with Crippen molar-refractivity contribution in [3.63, 3.8) is 0 Å². The van der Waals surface area contributed by atoms with E-state index < -0.39 is 24.5 Å². The molecule has 1 rings (SSSR count). The number of nitrogens with one attached hydrogen (secondary N) is 1. The Balaban J connectivity index is 2.97. The lowest BCUT2D eigenvalue weighted by molar-refractivity contribution is -0.180. The van der Waals surface area contributed by atoms with Gasteiger partial charge in [0.25, 0.3) is 0 Å². The Morgan fingerprint density at radius 1 is 1.33 bits per heavy atom. The van der Waals surface area contributed by atoms with Gasteiger partial charge in [0.1, 0.15) is 0 Å². The Bertz CT molecular complexity index is 427. The van der Waals surface area contributed by atoms with Crippen LogP contribution in [0.1, 0.15) is 18.5 Å². The second-order valence-corrected chi connectivity index (χ2v) is 3.97. The summed E-state index contributed by atoms with van der Waals surface area (Å²) in [5.41, 5.74) is -2.21. The molecule has 2 atom stereocenters. The molecule has 98 valence electrons. The number of halogens is 3. The van der Waals surface area contributed by atoms with Gasteiger partial charge in [0.05, 0.1) is 12.6 Å². The van der Waals surface area contributed by atoms with Gasteiger partial charge in [0.2, 0.25) is 0 Å². The van der Waals surface area contributed by atoms with Crippen LogP contribution in [0.5, 0.6) is 0 Å². The normalized spacial score (nSPS) is 16.7. The third-order valence-corrected chi connectivity index (χ3v) is 2.62. The maximum absolute atomic E-state index is 12.8. The average Bonchev–Trinajstić information content (AvgIpc) is 2.35. The smallest absolute Gasteiger partial charge is 0.394 e. The van der Waals surface area contributed by atoms with Crippen molar-refractivity contribution < 1.29 is 18.3 Å². The summed E-state index contributed by atoms with van der Waals surface area (Å²) in [7, 11) is 0. The van der Waals surface area contributed by atoms with Gasteiger partial charge in [0.15, 0.2) is 0 Å². The minimum absolute atomic E-state index is 0.499. The van der Waals surface area contributed by atoms with Crippen molar-refractivity contribution in [3.05, 3.63) is 47.3 Å². The molecule has 0 aliphatic rings. The monoisotopic (exact) mass is 258 g/mol. The summed E-state index contributed by atoms with van der Waals surface area (Å²) in [5, 5.41) is 11.3. The first kappa shape index (κ1) is 14.5. The summed E-state index contributed by atoms with van der Waals surface area (Å²) < 4.78 is 38.3. The molecule has 1 aromatic carbocycles. The van der Waals surface area contributed by atoms with Gasteiger partial charge in [0, 0.05) is 6.92 Å². The van der Waals surface area contributed by atoms with Gasteiger partial charge in [-0.2, -0.15) is 13.2 Å². The number of aliphatic hydroxyl groups is 1. The molecule has 0 aliphatic carbocycles. The van der Waals surface area contributed by atoms with Crippen LogP contribution < -0.4 is 5.32 Å². The van der Waals surface area contributed by atoms with Crippen molar-refractivity contribution >= 4 is 0 Å². The van der Waals surface area contributed by atoms with Crippen LogP contribution in [-0.2, 0) is 0 Å². The Morgan fingerprint density at radius 2 is 1.89 bits per heavy atom. The van der Waals surface area contributed by atoms with E-state index in [9.17, 15) is 18.3 Å². The minimum Gasteiger partial charge on any atom is -0.394 e. The minimum atomic E-state index is -4.71. The molecule has 6 heteroatoms. The van der Waals surface area contributed by atoms with Crippen molar-refractivity contribution in [1.82, 2.24) is 5.32 Å². The molecule has 0 aromatic heterocycles. The molecule has 1 aromatic rings. The number of aliphatic hydroxyl groups excluding tert-OH is 1. The SMILES string of the molecule is [C-]#[N+][C@](C)(N[C@@H](CO)c1ccccc1)C(F)(F)F. The number of rotatable bonds is 4. The molecule has 0 heterocycles. The molecule has 0 amide bonds. The lowest BCUT2D eigenvalue weighted by Gasteiger charge is -2.26. The van der Waals surface area contributed by atoms with E-state index in [0.29, 0.717) is 5.56 Å². The van der Waals surface area contributed by atoms with Crippen LogP contribution in [0, 0.1) is 6.57 Å². The van der Waals surface area contributed by atoms with Crippen LogP contribution in [0.25, 0.3) is 4.85 Å².